The Balaban J connectivity index is -0.0000000257. The van der Waals surface area contributed by atoms with Crippen LogP contribution in [0.2, 0.25) is 0 Å². The van der Waals surface area contributed by atoms with Crippen molar-refractivity contribution in [3.8, 4) is 6.07 Å². The summed E-state index contributed by atoms with van der Waals surface area (Å²) in [7, 11) is 0. The lowest BCUT2D eigenvalue weighted by Gasteiger charge is -1.34. The second kappa shape index (κ2) is 156. The van der Waals surface area contributed by atoms with Crippen molar-refractivity contribution in [3.05, 3.63) is 0 Å². The van der Waals surface area contributed by atoms with Gasteiger partial charge in [-0.3, -0.25) is 9.59 Å². The van der Waals surface area contributed by atoms with Gasteiger partial charge >= 0.3 is 0 Å². The van der Waals surface area contributed by atoms with Crippen LogP contribution < -0.4 is 6.15 Å². The summed E-state index contributed by atoms with van der Waals surface area (Å²) in [5, 5.41) is 21.1. The molecule has 6 heteroatoms. The molecule has 0 saturated heterocycles. The van der Waals surface area contributed by atoms with Gasteiger partial charge in [-0.1, -0.05) is 0 Å². The molecule has 0 aromatic heterocycles. The van der Waals surface area contributed by atoms with Crippen molar-refractivity contribution < 1.29 is 19.8 Å². The van der Waals surface area contributed by atoms with Crippen molar-refractivity contribution in [1.29, 1.82) is 5.26 Å². The topological polar surface area (TPSA) is 133 Å². The lowest BCUT2D eigenvalue weighted by Crippen LogP contribution is -1.49. The Morgan fingerprint density at radius 2 is 1.30 bits per heavy atom. The molecule has 0 spiro atoms. The molecule has 5 N–H and O–H groups in total. The number of rotatable bonds is 0. The highest BCUT2D eigenvalue weighted by Crippen LogP contribution is 1.21. The Morgan fingerprint density at radius 1 is 1.30 bits per heavy atom. The third-order valence-corrected chi connectivity index (χ3v) is 0. The molecular weight excluding hydrogens is 140 g/mol. The van der Waals surface area contributed by atoms with Gasteiger partial charge in [0.25, 0.3) is 12.9 Å². The van der Waals surface area contributed by atoms with Crippen LogP contribution in [0, 0.1) is 11.3 Å². The number of hydrogen-bond acceptors (Lipinski definition) is 4. The maximum atomic E-state index is 8.36. The molecule has 0 fully saturated rings. The van der Waals surface area contributed by atoms with Crippen LogP contribution in [0.4, 0.5) is 0 Å². The highest BCUT2D eigenvalue weighted by Gasteiger charge is 1.22. The molecule has 0 radical (unpaired) electrons. The zero-order valence-corrected chi connectivity index (χ0v) is 5.52. The van der Waals surface area contributed by atoms with E-state index in [0.29, 0.717) is 0 Å². The molecule has 0 heterocycles. The van der Waals surface area contributed by atoms with Crippen molar-refractivity contribution >= 4 is 12.9 Å². The normalized spacial score (nSPS) is 3.20. The van der Waals surface area contributed by atoms with Crippen molar-refractivity contribution in [3.63, 3.8) is 0 Å². The minimum Gasteiger partial charge on any atom is -0.483 e. The molecule has 0 bridgehead atoms. The monoisotopic (exact) mass is 150 g/mol. The van der Waals surface area contributed by atoms with Crippen molar-refractivity contribution in [2.24, 2.45) is 0 Å². The summed E-state index contributed by atoms with van der Waals surface area (Å²) in [6.45, 7) is 0.931. The van der Waals surface area contributed by atoms with Gasteiger partial charge in [0.05, 0.1) is 6.07 Å². The first-order chi connectivity index (χ1) is 4.24. The molecule has 0 saturated carbocycles. The van der Waals surface area contributed by atoms with E-state index in [2.05, 4.69) is 0 Å². The van der Waals surface area contributed by atoms with Crippen LogP contribution in [0.15, 0.2) is 0 Å². The molecule has 10 heavy (non-hydrogen) atoms. The SMILES string of the molecule is CC#N.N.O=CO.O=CO. The van der Waals surface area contributed by atoms with E-state index in [1.807, 2.05) is 0 Å². The van der Waals surface area contributed by atoms with Gasteiger partial charge in [0, 0.05) is 6.92 Å². The van der Waals surface area contributed by atoms with Gasteiger partial charge in [0.15, 0.2) is 0 Å². The molecule has 0 aliphatic carbocycles. The van der Waals surface area contributed by atoms with Gasteiger partial charge in [-0.2, -0.15) is 5.26 Å². The number of nitrogens with zero attached hydrogens (tertiary/aromatic N) is 1. The first-order valence-corrected chi connectivity index (χ1v) is 1.71. The van der Waals surface area contributed by atoms with E-state index < -0.39 is 0 Å². The second-order valence-electron chi connectivity index (χ2n) is 0.434. The molecule has 0 aromatic rings. The van der Waals surface area contributed by atoms with Crippen LogP contribution >= 0.6 is 0 Å². The van der Waals surface area contributed by atoms with E-state index in [-0.39, 0.29) is 19.1 Å². The zero-order valence-electron chi connectivity index (χ0n) is 5.52. The molecular formula is C4H10N2O4. The summed E-state index contributed by atoms with van der Waals surface area (Å²) in [4.78, 5) is 16.7. The lowest BCUT2D eigenvalue weighted by atomic mass is 11.0. The predicted octanol–water partition coefficient (Wildman–Crippen LogP) is 0.0935. The van der Waals surface area contributed by atoms with E-state index in [1.54, 1.807) is 6.07 Å². The summed E-state index contributed by atoms with van der Waals surface area (Å²) in [5.41, 5.74) is 0. The average molecular weight is 150 g/mol. The highest BCUT2D eigenvalue weighted by molar-refractivity contribution is 5.32. The molecule has 6 nitrogen and oxygen atoms in total. The Hall–Kier alpha value is -1.61. The van der Waals surface area contributed by atoms with E-state index in [9.17, 15) is 0 Å². The fraction of sp³-hybridized carbons (Fsp3) is 0.250. The van der Waals surface area contributed by atoms with Crippen LogP contribution in [0.3, 0.4) is 0 Å². The van der Waals surface area contributed by atoms with E-state index >= 15 is 0 Å². The fourth-order valence-electron chi connectivity index (χ4n) is 0. The van der Waals surface area contributed by atoms with Gasteiger partial charge in [-0.05, 0) is 0 Å². The molecule has 60 valence electrons. The fourth-order valence-corrected chi connectivity index (χ4v) is 0. The lowest BCUT2D eigenvalue weighted by molar-refractivity contribution is -0.123. The van der Waals surface area contributed by atoms with Crippen molar-refractivity contribution in [1.82, 2.24) is 6.15 Å². The van der Waals surface area contributed by atoms with Crippen molar-refractivity contribution in [2.75, 3.05) is 0 Å². The third-order valence-electron chi connectivity index (χ3n) is 0. The number of carboxylic acid groups (broad SMARTS) is 2. The Labute approximate surface area is 58.3 Å². The second-order valence-corrected chi connectivity index (χ2v) is 0.434. The first kappa shape index (κ1) is 23.8. The number of carbonyl (C=O) groups is 2. The van der Waals surface area contributed by atoms with Gasteiger partial charge < -0.3 is 16.4 Å². The molecule has 0 aliphatic rings. The Bertz CT molecular complexity index is 81.7. The van der Waals surface area contributed by atoms with E-state index in [1.165, 1.54) is 6.92 Å². The van der Waals surface area contributed by atoms with Crippen molar-refractivity contribution in [2.45, 2.75) is 6.92 Å². The van der Waals surface area contributed by atoms with Gasteiger partial charge in [-0.25, -0.2) is 0 Å². The summed E-state index contributed by atoms with van der Waals surface area (Å²) < 4.78 is 0. The van der Waals surface area contributed by atoms with Crippen LogP contribution in [-0.4, -0.2) is 23.2 Å². The highest BCUT2D eigenvalue weighted by atomic mass is 16.3. The maximum absolute atomic E-state index is 8.36. The number of nitriles is 1. The first-order valence-electron chi connectivity index (χ1n) is 1.71. The van der Waals surface area contributed by atoms with Crippen LogP contribution in [0.5, 0.6) is 0 Å². The summed E-state index contributed by atoms with van der Waals surface area (Å²) in [6.07, 6.45) is 0. The molecule has 0 unspecified atom stereocenters. The minimum absolute atomic E-state index is 0. The summed E-state index contributed by atoms with van der Waals surface area (Å²) in [6, 6.07) is 1.75. The van der Waals surface area contributed by atoms with Gasteiger partial charge in [0.2, 0.25) is 0 Å². The Kier molecular flexibility index (Phi) is 371. The molecule has 0 aromatic carbocycles. The number of hydrogen-bond donors (Lipinski definition) is 3. The predicted molar refractivity (Wildman–Crippen MR) is 33.7 cm³/mol. The smallest absolute Gasteiger partial charge is 0.290 e. The van der Waals surface area contributed by atoms with Crippen LogP contribution in [0.25, 0.3) is 0 Å². The standard InChI is InChI=1S/C2H3N.2CH2O2.H3N/c1-2-3;2*2-1-3;/h1H3;2*1H,(H,2,3);1H3. The molecule has 0 atom stereocenters. The third kappa shape index (κ3) is 71.6. The minimum atomic E-state index is -0.250. The van der Waals surface area contributed by atoms with E-state index in [4.69, 9.17) is 25.1 Å². The molecule has 0 aliphatic heterocycles. The van der Waals surface area contributed by atoms with E-state index in [0.717, 1.165) is 0 Å². The maximum Gasteiger partial charge on any atom is 0.290 e. The van der Waals surface area contributed by atoms with Crippen LogP contribution in [0.1, 0.15) is 6.92 Å². The van der Waals surface area contributed by atoms with Gasteiger partial charge in [0.1, 0.15) is 0 Å². The average Bonchev–Trinajstić information content (AvgIpc) is 1.70. The van der Waals surface area contributed by atoms with Gasteiger partial charge in [-0.15, -0.1) is 0 Å². The molecule has 0 amide bonds. The summed E-state index contributed by atoms with van der Waals surface area (Å²) in [5.74, 6) is 0. The Morgan fingerprint density at radius 3 is 1.30 bits per heavy atom. The van der Waals surface area contributed by atoms with Crippen LogP contribution in [-0.2, 0) is 9.59 Å². The zero-order chi connectivity index (χ0) is 8.12. The summed E-state index contributed by atoms with van der Waals surface area (Å²) >= 11 is 0. The largest absolute Gasteiger partial charge is 0.483 e. The molecule has 0 rings (SSSR count). The quantitative estimate of drug-likeness (QED) is 0.419.